The number of nitrogens with two attached hydrogens (primary N) is 1. The number of hydrogen-bond donors (Lipinski definition) is 1. The molecule has 0 unspecified atom stereocenters. The number of ketones is 1. The van der Waals surface area contributed by atoms with Gasteiger partial charge >= 0.3 is 12.4 Å². The summed E-state index contributed by atoms with van der Waals surface area (Å²) in [6, 6.07) is 7.86. The molecule has 1 aromatic carbocycles. The van der Waals surface area contributed by atoms with E-state index >= 15 is 0 Å². The summed E-state index contributed by atoms with van der Waals surface area (Å²) in [5, 5.41) is 1.09. The van der Waals surface area contributed by atoms with Gasteiger partial charge in [0.2, 0.25) is 11.5 Å². The number of rotatable bonds is 11. The van der Waals surface area contributed by atoms with Crippen molar-refractivity contribution >= 4 is 34.8 Å². The first-order valence-electron chi connectivity index (χ1n) is 16.9. The van der Waals surface area contributed by atoms with Crippen molar-refractivity contribution in [2.75, 3.05) is 26.2 Å². The van der Waals surface area contributed by atoms with Crippen LogP contribution >= 0.6 is 11.3 Å². The number of ether oxygens (including phenoxy) is 2. The maximum Gasteiger partial charge on any atom is 0.425 e. The van der Waals surface area contributed by atoms with E-state index in [1.807, 2.05) is 0 Å². The van der Waals surface area contributed by atoms with Gasteiger partial charge in [0.25, 0.3) is 11.8 Å². The monoisotopic (exact) mass is 768 g/mol. The molecule has 2 aliphatic rings. The lowest BCUT2D eigenvalue weighted by Gasteiger charge is -2.51. The number of Topliss-reactive ketones (excluding diaryl/α,β-unsaturated/α-hetero) is 1. The van der Waals surface area contributed by atoms with Crippen LogP contribution in [0.1, 0.15) is 78.9 Å². The fourth-order valence-electron chi connectivity index (χ4n) is 7.25. The minimum Gasteiger partial charge on any atom is -0.486 e. The Balaban J connectivity index is 1.55. The molecule has 2 aliphatic heterocycles. The van der Waals surface area contributed by atoms with E-state index < -0.39 is 63.3 Å². The average molecular weight is 769 g/mol. The molecule has 10 nitrogen and oxygen atoms in total. The van der Waals surface area contributed by atoms with E-state index in [0.29, 0.717) is 23.3 Å². The van der Waals surface area contributed by atoms with Crippen LogP contribution < -0.4 is 15.2 Å². The van der Waals surface area contributed by atoms with Crippen LogP contribution in [0.4, 0.5) is 26.3 Å². The Morgan fingerprint density at radius 2 is 1.68 bits per heavy atom. The van der Waals surface area contributed by atoms with Gasteiger partial charge in [-0.3, -0.25) is 24.2 Å². The van der Waals surface area contributed by atoms with E-state index in [1.165, 1.54) is 11.8 Å². The van der Waals surface area contributed by atoms with Crippen molar-refractivity contribution in [2.24, 2.45) is 5.73 Å². The Morgan fingerprint density at radius 3 is 2.28 bits per heavy atom. The number of aromatic nitrogens is 1. The predicted molar refractivity (Wildman–Crippen MR) is 180 cm³/mol. The summed E-state index contributed by atoms with van der Waals surface area (Å²) in [6.07, 6.45) is -8.28. The van der Waals surface area contributed by atoms with Crippen LogP contribution in [-0.4, -0.2) is 76.2 Å². The number of pyridine rings is 1. The molecule has 2 atom stereocenters. The normalized spacial score (nSPS) is 20.5. The van der Waals surface area contributed by atoms with Gasteiger partial charge in [0.15, 0.2) is 5.78 Å². The van der Waals surface area contributed by atoms with Crippen molar-refractivity contribution in [3.8, 4) is 11.5 Å². The SMILES string of the molecule is CCC[C@H]1N(C(=O)c2ncccc2C(F)(F)F)CCC[C@@]1(Oc1csc(C(F)(F)F)c1)C(=O)N1CCC(C(N)=O)(c2ccccc2OCC(C)=O)CC1. The molecule has 2 N–H and O–H groups in total. The molecule has 3 amide bonds. The van der Waals surface area contributed by atoms with Crippen LogP contribution in [0.3, 0.4) is 0 Å². The average Bonchev–Trinajstić information content (AvgIpc) is 3.60. The van der Waals surface area contributed by atoms with Gasteiger partial charge in [-0.15, -0.1) is 11.3 Å². The van der Waals surface area contributed by atoms with Gasteiger partial charge in [0.1, 0.15) is 28.7 Å². The second-order valence-corrected chi connectivity index (χ2v) is 14.1. The third-order valence-electron chi connectivity index (χ3n) is 9.73. The fourth-order valence-corrected chi connectivity index (χ4v) is 7.93. The summed E-state index contributed by atoms with van der Waals surface area (Å²) < 4.78 is 95.1. The van der Waals surface area contributed by atoms with Gasteiger partial charge in [-0.05, 0) is 50.8 Å². The molecular formula is C36H38F6N4O6S. The van der Waals surface area contributed by atoms with Crippen LogP contribution in [0, 0.1) is 0 Å². The van der Waals surface area contributed by atoms with E-state index in [2.05, 4.69) is 4.98 Å². The molecule has 53 heavy (non-hydrogen) atoms. The van der Waals surface area contributed by atoms with Crippen LogP contribution in [0.2, 0.25) is 0 Å². The largest absolute Gasteiger partial charge is 0.486 e. The lowest BCUT2D eigenvalue weighted by atomic mass is 9.71. The standard InChI is InChI=1S/C36H38F6N4O6S/c1-3-8-27-34(52-23-19-28(53-21-23)36(40,41)42,12-7-16-46(27)30(48)29-25(35(37,38)39)10-6-15-44-29)32(50)45-17-13-33(14-18-45,31(43)49)24-9-4-5-11-26(24)51-20-22(2)47/h4-6,9-11,15,19,21,27H,3,7-8,12-14,16-18,20H2,1-2H3,(H2,43,49)/t27-,34+/m1/s1. The highest BCUT2D eigenvalue weighted by Gasteiger charge is 2.57. The number of para-hydroxylation sites is 1. The van der Waals surface area contributed by atoms with Crippen LogP contribution in [-0.2, 0) is 32.2 Å². The van der Waals surface area contributed by atoms with Crippen molar-refractivity contribution in [3.05, 3.63) is 75.7 Å². The van der Waals surface area contributed by atoms with Crippen molar-refractivity contribution < 1.29 is 55.0 Å². The molecule has 286 valence electrons. The zero-order valence-corrected chi connectivity index (χ0v) is 29.7. The number of carbonyl (C=O) groups excluding carboxylic acids is 4. The number of amides is 3. The van der Waals surface area contributed by atoms with Crippen molar-refractivity contribution in [2.45, 2.75) is 81.8 Å². The molecule has 17 heteroatoms. The van der Waals surface area contributed by atoms with Gasteiger partial charge in [-0.25, -0.2) is 0 Å². The molecule has 2 fully saturated rings. The van der Waals surface area contributed by atoms with E-state index in [-0.39, 0.29) is 75.6 Å². The number of carbonyl (C=O) groups is 4. The lowest BCUT2D eigenvalue weighted by Crippen LogP contribution is -2.69. The summed E-state index contributed by atoms with van der Waals surface area (Å²) in [5.41, 5.74) is 0.882. The van der Waals surface area contributed by atoms with Gasteiger partial charge in [0.05, 0.1) is 17.0 Å². The van der Waals surface area contributed by atoms with Crippen molar-refractivity contribution in [1.82, 2.24) is 14.8 Å². The molecule has 0 aliphatic carbocycles. The van der Waals surface area contributed by atoms with Crippen LogP contribution in [0.25, 0.3) is 0 Å². The fraction of sp³-hybridized carbons (Fsp3) is 0.472. The molecular weight excluding hydrogens is 730 g/mol. The number of benzene rings is 1. The number of alkyl halides is 6. The molecule has 0 saturated carbocycles. The molecule has 3 aromatic rings. The molecule has 0 radical (unpaired) electrons. The topological polar surface area (TPSA) is 132 Å². The Kier molecular flexibility index (Phi) is 11.5. The Morgan fingerprint density at radius 1 is 0.981 bits per heavy atom. The molecule has 2 saturated heterocycles. The van der Waals surface area contributed by atoms with Crippen LogP contribution in [0.5, 0.6) is 11.5 Å². The summed E-state index contributed by atoms with van der Waals surface area (Å²) in [7, 11) is 0. The smallest absolute Gasteiger partial charge is 0.425 e. The van der Waals surface area contributed by atoms with Gasteiger partial charge < -0.3 is 25.0 Å². The molecule has 5 rings (SSSR count). The third-order valence-corrected chi connectivity index (χ3v) is 10.7. The minimum atomic E-state index is -4.93. The van der Waals surface area contributed by atoms with E-state index in [0.717, 1.165) is 34.7 Å². The number of hydrogen-bond acceptors (Lipinski definition) is 8. The zero-order valence-electron chi connectivity index (χ0n) is 28.9. The number of halogens is 6. The highest BCUT2D eigenvalue weighted by molar-refractivity contribution is 7.10. The summed E-state index contributed by atoms with van der Waals surface area (Å²) >= 11 is 0.347. The van der Waals surface area contributed by atoms with Crippen molar-refractivity contribution in [3.63, 3.8) is 0 Å². The van der Waals surface area contributed by atoms with Gasteiger partial charge in [0, 0.05) is 49.3 Å². The highest BCUT2D eigenvalue weighted by atomic mass is 32.1. The summed E-state index contributed by atoms with van der Waals surface area (Å²) in [6.45, 7) is 2.56. The second-order valence-electron chi connectivity index (χ2n) is 13.2. The third kappa shape index (κ3) is 7.99. The highest BCUT2D eigenvalue weighted by Crippen LogP contribution is 2.45. The molecule has 0 bridgehead atoms. The minimum absolute atomic E-state index is 0.00869. The number of thiophene rings is 1. The summed E-state index contributed by atoms with van der Waals surface area (Å²) in [5.74, 6) is -2.81. The zero-order chi connectivity index (χ0) is 38.8. The first kappa shape index (κ1) is 39.5. The van der Waals surface area contributed by atoms with Gasteiger partial charge in [-0.2, -0.15) is 26.3 Å². The predicted octanol–water partition coefficient (Wildman–Crippen LogP) is 6.42. The Labute approximate surface area is 305 Å². The molecule has 4 heterocycles. The van der Waals surface area contributed by atoms with E-state index in [4.69, 9.17) is 15.2 Å². The Bertz CT molecular complexity index is 1840. The van der Waals surface area contributed by atoms with Crippen LogP contribution in [0.15, 0.2) is 54.0 Å². The molecule has 2 aromatic heterocycles. The lowest BCUT2D eigenvalue weighted by molar-refractivity contribution is -0.161. The maximum absolute atomic E-state index is 14.9. The number of primary amides is 1. The Hall–Kier alpha value is -4.67. The summed E-state index contributed by atoms with van der Waals surface area (Å²) in [4.78, 5) is 59.1. The van der Waals surface area contributed by atoms with Crippen molar-refractivity contribution in [1.29, 1.82) is 0 Å². The van der Waals surface area contributed by atoms with E-state index in [9.17, 15) is 45.5 Å². The number of piperidine rings is 2. The molecule has 0 spiro atoms. The number of nitrogens with zero attached hydrogens (tertiary/aromatic N) is 3. The second kappa shape index (κ2) is 15.4. The van der Waals surface area contributed by atoms with E-state index in [1.54, 1.807) is 31.2 Å². The maximum atomic E-state index is 14.9. The first-order valence-corrected chi connectivity index (χ1v) is 17.8. The quantitative estimate of drug-likeness (QED) is 0.223. The first-order chi connectivity index (χ1) is 24.9. The van der Waals surface area contributed by atoms with Gasteiger partial charge in [-0.1, -0.05) is 31.5 Å². The number of likely N-dealkylation sites (tertiary alicyclic amines) is 2.